The highest BCUT2D eigenvalue weighted by Crippen LogP contribution is 2.34. The third-order valence-corrected chi connectivity index (χ3v) is 4.84. The van der Waals surface area contributed by atoms with Crippen molar-refractivity contribution in [2.45, 2.75) is 20.2 Å². The Morgan fingerprint density at radius 2 is 2.12 bits per heavy atom. The number of anilines is 1. The van der Waals surface area contributed by atoms with Crippen molar-refractivity contribution in [2.75, 3.05) is 18.5 Å². The molecule has 0 amide bonds. The standard InChI is InChI=1S/C17H20BN3O2S/c1-4-9-23-13-6-5-12-10-15(24-14(12)11-13)17-19-8-7-16(20-17)21(3)18(2)22/h5-8,10-11,22H,4,9H2,1-3H3. The highest BCUT2D eigenvalue weighted by atomic mass is 32.1. The van der Waals surface area contributed by atoms with Crippen LogP contribution in [0.15, 0.2) is 36.5 Å². The first kappa shape index (κ1) is 16.7. The molecule has 0 aliphatic rings. The van der Waals surface area contributed by atoms with Crippen LogP contribution in [0.2, 0.25) is 6.82 Å². The zero-order valence-corrected chi connectivity index (χ0v) is 14.9. The molecule has 0 saturated carbocycles. The van der Waals surface area contributed by atoms with Gasteiger partial charge in [-0.2, -0.15) is 0 Å². The summed E-state index contributed by atoms with van der Waals surface area (Å²) in [6.07, 6.45) is 2.71. The van der Waals surface area contributed by atoms with Crippen molar-refractivity contribution in [1.82, 2.24) is 9.97 Å². The third kappa shape index (κ3) is 3.52. The van der Waals surface area contributed by atoms with E-state index in [1.807, 2.05) is 6.07 Å². The van der Waals surface area contributed by atoms with Gasteiger partial charge < -0.3 is 14.6 Å². The van der Waals surface area contributed by atoms with E-state index < -0.39 is 7.05 Å². The highest BCUT2D eigenvalue weighted by Gasteiger charge is 2.15. The van der Waals surface area contributed by atoms with Crippen LogP contribution in [-0.4, -0.2) is 35.7 Å². The van der Waals surface area contributed by atoms with Gasteiger partial charge in [0.15, 0.2) is 5.82 Å². The molecule has 3 aromatic rings. The van der Waals surface area contributed by atoms with Crippen molar-refractivity contribution in [3.05, 3.63) is 36.5 Å². The Kier molecular flexibility index (Phi) is 5.01. The maximum atomic E-state index is 9.71. The average Bonchev–Trinajstić information content (AvgIpc) is 3.02. The lowest BCUT2D eigenvalue weighted by atomic mass is 9.86. The number of nitrogens with zero attached hydrogens (tertiary/aromatic N) is 3. The smallest absolute Gasteiger partial charge is 0.410 e. The highest BCUT2D eigenvalue weighted by molar-refractivity contribution is 7.22. The lowest BCUT2D eigenvalue weighted by Crippen LogP contribution is -2.33. The molecule has 0 unspecified atom stereocenters. The molecule has 0 fully saturated rings. The summed E-state index contributed by atoms with van der Waals surface area (Å²) in [5.41, 5.74) is 0. The Morgan fingerprint density at radius 1 is 1.29 bits per heavy atom. The van der Waals surface area contributed by atoms with Crippen LogP contribution in [0.5, 0.6) is 5.75 Å². The van der Waals surface area contributed by atoms with E-state index in [1.54, 1.807) is 42.3 Å². The molecule has 1 N–H and O–H groups in total. The fourth-order valence-electron chi connectivity index (χ4n) is 2.29. The summed E-state index contributed by atoms with van der Waals surface area (Å²) in [5.74, 6) is 2.25. The van der Waals surface area contributed by atoms with Crippen LogP contribution >= 0.6 is 11.3 Å². The van der Waals surface area contributed by atoms with Gasteiger partial charge in [-0.05, 0) is 56.0 Å². The molecule has 124 valence electrons. The number of thiophene rings is 1. The lowest BCUT2D eigenvalue weighted by molar-refractivity contribution is 0.318. The zero-order valence-electron chi connectivity index (χ0n) is 14.1. The van der Waals surface area contributed by atoms with Gasteiger partial charge in [0.1, 0.15) is 11.6 Å². The van der Waals surface area contributed by atoms with Crippen molar-refractivity contribution in [2.24, 2.45) is 0 Å². The zero-order chi connectivity index (χ0) is 17.1. The Labute approximate surface area is 146 Å². The topological polar surface area (TPSA) is 58.5 Å². The third-order valence-electron chi connectivity index (χ3n) is 3.75. The van der Waals surface area contributed by atoms with E-state index in [1.165, 1.54) is 0 Å². The average molecular weight is 341 g/mol. The largest absolute Gasteiger partial charge is 0.494 e. The van der Waals surface area contributed by atoms with Crippen LogP contribution in [0.4, 0.5) is 5.82 Å². The minimum absolute atomic E-state index is 0.603. The molecule has 0 aliphatic heterocycles. The van der Waals surface area contributed by atoms with Crippen LogP contribution in [0, 0.1) is 0 Å². The number of fused-ring (bicyclic) bond motifs is 1. The van der Waals surface area contributed by atoms with E-state index in [9.17, 15) is 5.02 Å². The molecule has 0 bridgehead atoms. The molecule has 2 heterocycles. The second-order valence-electron chi connectivity index (χ2n) is 5.64. The second kappa shape index (κ2) is 7.19. The van der Waals surface area contributed by atoms with Gasteiger partial charge in [0, 0.05) is 10.9 Å². The maximum Gasteiger partial charge on any atom is 0.410 e. The first-order chi connectivity index (χ1) is 11.6. The number of rotatable bonds is 6. The Morgan fingerprint density at radius 3 is 2.88 bits per heavy atom. The van der Waals surface area contributed by atoms with Crippen molar-refractivity contribution in [1.29, 1.82) is 0 Å². The first-order valence-corrected chi connectivity index (χ1v) is 8.81. The van der Waals surface area contributed by atoms with Gasteiger partial charge in [0.25, 0.3) is 0 Å². The number of benzene rings is 1. The maximum absolute atomic E-state index is 9.71. The van der Waals surface area contributed by atoms with E-state index in [0.29, 0.717) is 11.6 Å². The van der Waals surface area contributed by atoms with E-state index >= 15 is 0 Å². The summed E-state index contributed by atoms with van der Waals surface area (Å²) in [5, 5.41) is 10.9. The van der Waals surface area contributed by atoms with Crippen molar-refractivity contribution in [3.63, 3.8) is 0 Å². The molecule has 24 heavy (non-hydrogen) atoms. The van der Waals surface area contributed by atoms with Gasteiger partial charge in [0.05, 0.1) is 11.5 Å². The quantitative estimate of drug-likeness (QED) is 0.693. The van der Waals surface area contributed by atoms with Crippen molar-refractivity contribution in [3.8, 4) is 16.5 Å². The summed E-state index contributed by atoms with van der Waals surface area (Å²) in [7, 11) is 1.20. The lowest BCUT2D eigenvalue weighted by Gasteiger charge is -2.18. The predicted molar refractivity (Wildman–Crippen MR) is 101 cm³/mol. The Bertz CT molecular complexity index is 838. The predicted octanol–water partition coefficient (Wildman–Crippen LogP) is 3.69. The SMILES string of the molecule is CCCOc1ccc2cc(-c3nccc(N(C)B(C)O)n3)sc2c1. The summed E-state index contributed by atoms with van der Waals surface area (Å²) in [4.78, 5) is 11.6. The fourth-order valence-corrected chi connectivity index (χ4v) is 3.32. The number of hydrogen-bond acceptors (Lipinski definition) is 6. The van der Waals surface area contributed by atoms with Crippen LogP contribution in [0.25, 0.3) is 20.8 Å². The Hall–Kier alpha value is -2.12. The molecule has 0 atom stereocenters. The van der Waals surface area contributed by atoms with Gasteiger partial charge in [-0.25, -0.2) is 9.97 Å². The molecule has 7 heteroatoms. The summed E-state index contributed by atoms with van der Waals surface area (Å²) < 4.78 is 6.85. The van der Waals surface area contributed by atoms with Crippen LogP contribution in [-0.2, 0) is 0 Å². The second-order valence-corrected chi connectivity index (χ2v) is 6.72. The molecule has 0 radical (unpaired) electrons. The monoisotopic (exact) mass is 341 g/mol. The molecule has 1 aromatic carbocycles. The number of hydrogen-bond donors (Lipinski definition) is 1. The molecule has 0 saturated heterocycles. The molecular formula is C17H20BN3O2S. The van der Waals surface area contributed by atoms with Crippen molar-refractivity contribution < 1.29 is 9.76 Å². The van der Waals surface area contributed by atoms with E-state index in [0.717, 1.165) is 33.7 Å². The molecule has 0 spiro atoms. The fraction of sp³-hybridized carbons (Fsp3) is 0.294. The Balaban J connectivity index is 1.93. The van der Waals surface area contributed by atoms with Crippen molar-refractivity contribution >= 4 is 34.3 Å². The minimum Gasteiger partial charge on any atom is -0.494 e. The van der Waals surface area contributed by atoms with E-state index in [4.69, 9.17) is 4.74 Å². The summed E-state index contributed by atoms with van der Waals surface area (Å²) in [6.45, 7) is 4.52. The van der Waals surface area contributed by atoms with Gasteiger partial charge in [-0.1, -0.05) is 6.92 Å². The molecule has 3 rings (SSSR count). The van der Waals surface area contributed by atoms with Gasteiger partial charge in [0.2, 0.25) is 0 Å². The number of aromatic nitrogens is 2. The normalized spacial score (nSPS) is 10.8. The van der Waals surface area contributed by atoms with Crippen LogP contribution in [0.3, 0.4) is 0 Å². The summed E-state index contributed by atoms with van der Waals surface area (Å²) in [6, 6.07) is 10.00. The van der Waals surface area contributed by atoms with Crippen LogP contribution in [0.1, 0.15) is 13.3 Å². The van der Waals surface area contributed by atoms with Crippen LogP contribution < -0.4 is 9.55 Å². The summed E-state index contributed by atoms with van der Waals surface area (Å²) >= 11 is 1.64. The molecule has 0 aliphatic carbocycles. The molecular weight excluding hydrogens is 321 g/mol. The minimum atomic E-state index is -0.603. The molecule has 5 nitrogen and oxygen atoms in total. The van der Waals surface area contributed by atoms with Gasteiger partial charge in [-0.15, -0.1) is 11.3 Å². The first-order valence-electron chi connectivity index (χ1n) is 7.99. The molecule has 2 aromatic heterocycles. The number of ether oxygens (including phenoxy) is 1. The van der Waals surface area contributed by atoms with Gasteiger partial charge >= 0.3 is 7.05 Å². The van der Waals surface area contributed by atoms with Gasteiger partial charge in [-0.3, -0.25) is 0 Å². The van der Waals surface area contributed by atoms with E-state index in [-0.39, 0.29) is 0 Å². The van der Waals surface area contributed by atoms with E-state index in [2.05, 4.69) is 35.1 Å².